The van der Waals surface area contributed by atoms with Crippen LogP contribution in [0.15, 0.2) is 0 Å². The van der Waals surface area contributed by atoms with Crippen molar-refractivity contribution >= 4 is 49.8 Å². The van der Waals surface area contributed by atoms with Gasteiger partial charge in [0.25, 0.3) is 0 Å². The molecule has 0 saturated carbocycles. The molecule has 0 saturated heterocycles. The second-order valence-corrected chi connectivity index (χ2v) is 0. The summed E-state index contributed by atoms with van der Waals surface area (Å²) in [4.78, 5) is 0. The monoisotopic (exact) mass is 410 g/mol. The van der Waals surface area contributed by atoms with Crippen molar-refractivity contribution in [1.29, 1.82) is 0 Å². The Bertz CT molecular complexity index is 8.04. The van der Waals surface area contributed by atoms with Crippen LogP contribution in [0.1, 0.15) is 0 Å². The normalized spacial score (nSPS) is 0. The van der Waals surface area contributed by atoms with Gasteiger partial charge in [0.2, 0.25) is 0 Å². The Kier molecular flexibility index (Phi) is 764. The molecule has 0 rings (SSSR count). The summed E-state index contributed by atoms with van der Waals surface area (Å²) in [5, 5.41) is 0. The first kappa shape index (κ1) is 86.5. The van der Waals surface area contributed by atoms with Gasteiger partial charge in [-0.15, -0.1) is 0 Å². The minimum Gasteiger partial charge on any atom is -1.00 e. The first-order chi connectivity index (χ1) is 0. The van der Waals surface area contributed by atoms with E-state index >= 15 is 0 Å². The van der Waals surface area contributed by atoms with Gasteiger partial charge in [-0.05, 0) is 0 Å². The van der Waals surface area contributed by atoms with Crippen LogP contribution in [-0.4, -0.2) is 49.8 Å². The summed E-state index contributed by atoms with van der Waals surface area (Å²) in [5.74, 6) is 0. The third kappa shape index (κ3) is 47.5. The zero-order valence-electron chi connectivity index (χ0n) is 2.97. The van der Waals surface area contributed by atoms with Crippen molar-refractivity contribution in [3.8, 4) is 0 Å². The van der Waals surface area contributed by atoms with Crippen molar-refractivity contribution in [2.45, 2.75) is 0 Å². The molecule has 0 aliphatic carbocycles. The Morgan fingerprint density at radius 1 is 0.429 bits per heavy atom. The fourth-order valence-electron chi connectivity index (χ4n) is 0. The maximum Gasteiger partial charge on any atom is 4.00 e. The fraction of sp³-hybridized carbons (Fsp3) is 0. The van der Waals surface area contributed by atoms with Gasteiger partial charge in [0.1, 0.15) is 0 Å². The molecule has 0 aliphatic heterocycles. The van der Waals surface area contributed by atoms with Crippen LogP contribution in [0.2, 0.25) is 0 Å². The van der Waals surface area contributed by atoms with Gasteiger partial charge in [-0.25, -0.2) is 0 Å². The molecular weight excluding hydrogens is 411 g/mol. The predicted octanol–water partition coefficient (Wildman–Crippen LogP) is -15.7. The molecule has 7 heavy (non-hydrogen) atoms. The van der Waals surface area contributed by atoms with E-state index in [-0.39, 0.29) is 112 Å². The van der Waals surface area contributed by atoms with E-state index in [1.54, 1.807) is 0 Å². The van der Waals surface area contributed by atoms with Crippen LogP contribution in [0.5, 0.6) is 0 Å². The molecule has 0 nitrogen and oxygen atoms in total. The smallest absolute Gasteiger partial charge is 1.00 e. The van der Waals surface area contributed by atoms with E-state index in [0.29, 0.717) is 0 Å². The first-order valence-electron chi connectivity index (χ1n) is 0. The average molecular weight is 411 g/mol. The van der Waals surface area contributed by atoms with Crippen molar-refractivity contribution in [2.75, 3.05) is 0 Å². The second kappa shape index (κ2) is 61.8. The zero-order chi connectivity index (χ0) is 0. The van der Waals surface area contributed by atoms with Crippen LogP contribution in [-0.2, 0) is 0 Å². The maximum absolute atomic E-state index is 0. The van der Waals surface area contributed by atoms with E-state index in [0.717, 1.165) is 0 Å². The Hall–Kier alpha value is 3.12. The molecule has 0 spiro atoms. The molecule has 40 valence electrons. The number of halogens is 5. The third-order valence-corrected chi connectivity index (χ3v) is 0. The van der Waals surface area contributed by atoms with Gasteiger partial charge in [0, 0.05) is 0 Å². The molecule has 7 heteroatoms. The van der Waals surface area contributed by atoms with E-state index in [4.69, 9.17) is 0 Å². The van der Waals surface area contributed by atoms with Crippen LogP contribution in [0, 0.1) is 0 Å². The molecule has 0 atom stereocenters. The van der Waals surface area contributed by atoms with E-state index in [1.807, 2.05) is 0 Å². The Morgan fingerprint density at radius 2 is 0.429 bits per heavy atom. The number of hydrogen-bond donors (Lipinski definition) is 0. The Labute approximate surface area is 110 Å². The quantitative estimate of drug-likeness (QED) is 0.348. The Morgan fingerprint density at radius 3 is 0.429 bits per heavy atom. The van der Waals surface area contributed by atoms with Gasteiger partial charge in [0.05, 0.1) is 0 Å². The molecule has 0 radical (unpaired) electrons. The van der Waals surface area contributed by atoms with Gasteiger partial charge >= 0.3 is 49.8 Å². The van der Waals surface area contributed by atoms with Crippen LogP contribution in [0.3, 0.4) is 0 Å². The van der Waals surface area contributed by atoms with Crippen molar-refractivity contribution in [3.05, 3.63) is 0 Å². The van der Waals surface area contributed by atoms with Gasteiger partial charge in [0.15, 0.2) is 0 Å². The van der Waals surface area contributed by atoms with E-state index < -0.39 is 0 Å². The summed E-state index contributed by atoms with van der Waals surface area (Å²) >= 11 is 0. The fourth-order valence-corrected chi connectivity index (χ4v) is 0. The van der Waals surface area contributed by atoms with Crippen LogP contribution in [0.4, 0.5) is 0 Å². The van der Waals surface area contributed by atoms with Crippen LogP contribution < -0.4 is 62.0 Å². The van der Waals surface area contributed by atoms with Crippen molar-refractivity contribution in [1.82, 2.24) is 0 Å². The minimum absolute atomic E-state index is 0. The molecule has 0 bridgehead atoms. The minimum atomic E-state index is 0. The second-order valence-electron chi connectivity index (χ2n) is 0. The molecule has 0 heterocycles. The molecule has 0 aromatic rings. The summed E-state index contributed by atoms with van der Waals surface area (Å²) in [7, 11) is 0. The first-order valence-corrected chi connectivity index (χ1v) is 0. The Balaban J connectivity index is 0. The predicted molar refractivity (Wildman–Crippen MR) is 11.5 cm³/mol. The van der Waals surface area contributed by atoms with Gasteiger partial charge in [-0.2, -0.15) is 0 Å². The summed E-state index contributed by atoms with van der Waals surface area (Å²) < 4.78 is 0. The molecule has 0 aromatic carbocycles. The molecular formula is Cl5InSn+2. The molecule has 0 unspecified atom stereocenters. The molecule has 0 aliphatic rings. The van der Waals surface area contributed by atoms with Gasteiger partial charge in [-0.3, -0.25) is 0 Å². The van der Waals surface area contributed by atoms with Crippen LogP contribution >= 0.6 is 0 Å². The largest absolute Gasteiger partial charge is 4.00 e. The van der Waals surface area contributed by atoms with E-state index in [9.17, 15) is 0 Å². The van der Waals surface area contributed by atoms with Crippen molar-refractivity contribution < 1.29 is 62.0 Å². The topological polar surface area (TPSA) is 0 Å². The molecule has 0 N–H and O–H groups in total. The third-order valence-electron chi connectivity index (χ3n) is 0. The maximum atomic E-state index is 0. The van der Waals surface area contributed by atoms with E-state index in [2.05, 4.69) is 0 Å². The standard InChI is InChI=1S/5ClH.In.Sn/h5*1H;;/q;;;;;+3;+4/p-5. The average Bonchev–Trinajstić information content (AvgIpc) is 0. The SMILES string of the molecule is [Cl-].[Cl-].[Cl-].[Cl-].[Cl-].[In+3].[Sn+4]. The van der Waals surface area contributed by atoms with Crippen LogP contribution in [0.25, 0.3) is 0 Å². The van der Waals surface area contributed by atoms with Crippen molar-refractivity contribution in [2.24, 2.45) is 0 Å². The molecule has 0 fully saturated rings. The van der Waals surface area contributed by atoms with Crippen molar-refractivity contribution in [3.63, 3.8) is 0 Å². The summed E-state index contributed by atoms with van der Waals surface area (Å²) in [6.07, 6.45) is 0. The van der Waals surface area contributed by atoms with Gasteiger partial charge in [-0.1, -0.05) is 0 Å². The number of hydrogen-bond acceptors (Lipinski definition) is 0. The summed E-state index contributed by atoms with van der Waals surface area (Å²) in [6.45, 7) is 0. The molecule has 0 aromatic heterocycles. The summed E-state index contributed by atoms with van der Waals surface area (Å²) in [5.41, 5.74) is 0. The van der Waals surface area contributed by atoms with E-state index in [1.165, 1.54) is 0 Å². The van der Waals surface area contributed by atoms with Gasteiger partial charge < -0.3 is 62.0 Å². The number of rotatable bonds is 0. The zero-order valence-corrected chi connectivity index (χ0v) is 12.9. The summed E-state index contributed by atoms with van der Waals surface area (Å²) in [6, 6.07) is 0. The molecule has 0 amide bonds.